The number of carbonyl (C=O) groups excluding carboxylic acids is 1. The van der Waals surface area contributed by atoms with E-state index in [0.29, 0.717) is 12.1 Å². The number of rotatable bonds is 3. The van der Waals surface area contributed by atoms with E-state index in [-0.39, 0.29) is 5.56 Å². The summed E-state index contributed by atoms with van der Waals surface area (Å²) in [6, 6.07) is 7.33. The van der Waals surface area contributed by atoms with Crippen molar-refractivity contribution >= 4 is 6.09 Å². The van der Waals surface area contributed by atoms with Crippen LogP contribution >= 0.6 is 0 Å². The van der Waals surface area contributed by atoms with Crippen molar-refractivity contribution in [3.8, 4) is 11.1 Å². The van der Waals surface area contributed by atoms with E-state index in [1.807, 2.05) is 45.0 Å². The van der Waals surface area contributed by atoms with Crippen LogP contribution in [0.5, 0.6) is 0 Å². The first-order valence-corrected chi connectivity index (χ1v) is 6.94. The van der Waals surface area contributed by atoms with Crippen molar-refractivity contribution in [2.24, 2.45) is 0 Å². The van der Waals surface area contributed by atoms with Gasteiger partial charge < -0.3 is 15.0 Å². The lowest BCUT2D eigenvalue weighted by Crippen LogP contribution is -2.32. The number of hydrogen-bond donors (Lipinski definition) is 2. The number of amides is 1. The van der Waals surface area contributed by atoms with Crippen LogP contribution in [0, 0.1) is 0 Å². The molecule has 22 heavy (non-hydrogen) atoms. The van der Waals surface area contributed by atoms with Gasteiger partial charge in [-0.15, -0.1) is 0 Å². The topological polar surface area (TPSA) is 84.1 Å². The Kier molecular flexibility index (Phi) is 4.60. The van der Waals surface area contributed by atoms with Crippen LogP contribution in [0.4, 0.5) is 4.79 Å². The van der Waals surface area contributed by atoms with Gasteiger partial charge in [0.2, 0.25) is 0 Å². The van der Waals surface area contributed by atoms with Crippen LogP contribution in [0.25, 0.3) is 11.1 Å². The van der Waals surface area contributed by atoms with E-state index < -0.39 is 11.7 Å². The summed E-state index contributed by atoms with van der Waals surface area (Å²) >= 11 is 0. The summed E-state index contributed by atoms with van der Waals surface area (Å²) in [5, 5.41) is 2.68. The maximum absolute atomic E-state index is 11.7. The molecule has 6 heteroatoms. The molecule has 0 aliphatic heterocycles. The number of aromatic nitrogens is 2. The lowest BCUT2D eigenvalue weighted by molar-refractivity contribution is 0.0523. The summed E-state index contributed by atoms with van der Waals surface area (Å²) in [6.45, 7) is 5.80. The molecule has 2 rings (SSSR count). The smallest absolute Gasteiger partial charge is 0.407 e. The summed E-state index contributed by atoms with van der Waals surface area (Å²) in [5.74, 6) is 0. The van der Waals surface area contributed by atoms with Gasteiger partial charge in [-0.2, -0.15) is 0 Å². The van der Waals surface area contributed by atoms with Gasteiger partial charge in [-0.1, -0.05) is 24.3 Å². The van der Waals surface area contributed by atoms with Crippen molar-refractivity contribution in [1.29, 1.82) is 0 Å². The first-order valence-electron chi connectivity index (χ1n) is 6.94. The van der Waals surface area contributed by atoms with Gasteiger partial charge in [-0.3, -0.25) is 4.79 Å². The van der Waals surface area contributed by atoms with Crippen molar-refractivity contribution in [2.75, 3.05) is 0 Å². The number of carbonyl (C=O) groups is 1. The summed E-state index contributed by atoms with van der Waals surface area (Å²) in [4.78, 5) is 29.7. The average Bonchev–Trinajstić information content (AvgIpc) is 2.45. The quantitative estimate of drug-likeness (QED) is 0.912. The SMILES string of the molecule is CC(C)(C)OC(=O)NCc1ccc(-c2cnc[nH]c2=O)cc1. The monoisotopic (exact) mass is 301 g/mol. The van der Waals surface area contributed by atoms with E-state index >= 15 is 0 Å². The van der Waals surface area contributed by atoms with Gasteiger partial charge in [-0.05, 0) is 31.9 Å². The van der Waals surface area contributed by atoms with Gasteiger partial charge in [0, 0.05) is 12.7 Å². The van der Waals surface area contributed by atoms with Crippen LogP contribution in [-0.4, -0.2) is 21.7 Å². The largest absolute Gasteiger partial charge is 0.444 e. The Hall–Kier alpha value is -2.63. The Balaban J connectivity index is 2.00. The molecule has 1 aromatic heterocycles. The second-order valence-corrected chi connectivity index (χ2v) is 5.85. The van der Waals surface area contributed by atoms with Gasteiger partial charge in [0.05, 0.1) is 11.9 Å². The maximum atomic E-state index is 11.7. The summed E-state index contributed by atoms with van der Waals surface area (Å²) in [5.41, 5.74) is 1.49. The minimum Gasteiger partial charge on any atom is -0.444 e. The van der Waals surface area contributed by atoms with Gasteiger partial charge in [0.25, 0.3) is 5.56 Å². The molecule has 1 aromatic carbocycles. The highest BCUT2D eigenvalue weighted by atomic mass is 16.6. The number of aromatic amines is 1. The van der Waals surface area contributed by atoms with Crippen molar-refractivity contribution < 1.29 is 9.53 Å². The van der Waals surface area contributed by atoms with Crippen LogP contribution in [0.2, 0.25) is 0 Å². The second-order valence-electron chi connectivity index (χ2n) is 5.85. The number of nitrogens with one attached hydrogen (secondary N) is 2. The van der Waals surface area contributed by atoms with Gasteiger partial charge in [-0.25, -0.2) is 9.78 Å². The van der Waals surface area contributed by atoms with E-state index in [9.17, 15) is 9.59 Å². The number of benzene rings is 1. The van der Waals surface area contributed by atoms with E-state index in [1.165, 1.54) is 12.5 Å². The van der Waals surface area contributed by atoms with Crippen molar-refractivity contribution in [3.05, 3.63) is 52.7 Å². The van der Waals surface area contributed by atoms with Crippen molar-refractivity contribution in [3.63, 3.8) is 0 Å². The van der Waals surface area contributed by atoms with E-state index in [2.05, 4.69) is 15.3 Å². The molecule has 1 amide bonds. The zero-order valence-corrected chi connectivity index (χ0v) is 12.8. The van der Waals surface area contributed by atoms with Crippen LogP contribution < -0.4 is 10.9 Å². The first kappa shape index (κ1) is 15.8. The normalized spacial score (nSPS) is 11.0. The molecule has 6 nitrogen and oxygen atoms in total. The van der Waals surface area contributed by atoms with Crippen molar-refractivity contribution in [1.82, 2.24) is 15.3 Å². The van der Waals surface area contributed by atoms with E-state index in [1.54, 1.807) is 0 Å². The lowest BCUT2D eigenvalue weighted by Gasteiger charge is -2.19. The first-order chi connectivity index (χ1) is 10.3. The predicted octanol–water partition coefficient (Wildman–Crippen LogP) is 2.46. The fourth-order valence-corrected chi connectivity index (χ4v) is 1.84. The third-order valence-corrected chi connectivity index (χ3v) is 2.82. The highest BCUT2D eigenvalue weighted by molar-refractivity contribution is 5.68. The average molecular weight is 301 g/mol. The van der Waals surface area contributed by atoms with Gasteiger partial charge in [0.15, 0.2) is 0 Å². The number of nitrogens with zero attached hydrogens (tertiary/aromatic N) is 1. The summed E-state index contributed by atoms with van der Waals surface area (Å²) < 4.78 is 5.16. The van der Waals surface area contributed by atoms with Gasteiger partial charge in [0.1, 0.15) is 5.60 Å². The van der Waals surface area contributed by atoms with E-state index in [4.69, 9.17) is 4.74 Å². The zero-order chi connectivity index (χ0) is 16.2. The molecule has 2 N–H and O–H groups in total. The number of alkyl carbamates (subject to hydrolysis) is 1. The summed E-state index contributed by atoms with van der Waals surface area (Å²) in [6.07, 6.45) is 2.41. The molecule has 116 valence electrons. The van der Waals surface area contributed by atoms with E-state index in [0.717, 1.165) is 11.1 Å². The third-order valence-electron chi connectivity index (χ3n) is 2.82. The predicted molar refractivity (Wildman–Crippen MR) is 83.4 cm³/mol. The molecule has 0 unspecified atom stereocenters. The third kappa shape index (κ3) is 4.44. The Labute approximate surface area is 128 Å². The molecule has 0 saturated heterocycles. The minimum absolute atomic E-state index is 0.186. The molecule has 0 spiro atoms. The van der Waals surface area contributed by atoms with Crippen LogP contribution in [0.1, 0.15) is 26.3 Å². The second kappa shape index (κ2) is 6.43. The molecule has 0 bridgehead atoms. The fraction of sp³-hybridized carbons (Fsp3) is 0.312. The van der Waals surface area contributed by atoms with Crippen LogP contribution in [-0.2, 0) is 11.3 Å². The summed E-state index contributed by atoms with van der Waals surface area (Å²) in [7, 11) is 0. The number of ether oxygens (including phenoxy) is 1. The Bertz CT molecular complexity index is 700. The van der Waals surface area contributed by atoms with Gasteiger partial charge >= 0.3 is 6.09 Å². The van der Waals surface area contributed by atoms with Crippen LogP contribution in [0.15, 0.2) is 41.6 Å². The Morgan fingerprint density at radius 3 is 2.55 bits per heavy atom. The maximum Gasteiger partial charge on any atom is 0.407 e. The molecule has 0 aliphatic carbocycles. The number of H-pyrrole nitrogens is 1. The van der Waals surface area contributed by atoms with Crippen LogP contribution in [0.3, 0.4) is 0 Å². The molecular weight excluding hydrogens is 282 g/mol. The molecule has 0 saturated carbocycles. The molecule has 0 radical (unpaired) electrons. The molecule has 1 heterocycles. The number of hydrogen-bond acceptors (Lipinski definition) is 4. The standard InChI is InChI=1S/C16H19N3O3/c1-16(2,3)22-15(21)18-8-11-4-6-12(7-5-11)13-9-17-10-19-14(13)20/h4-7,9-10H,8H2,1-3H3,(H,18,21)(H,17,19,20). The Morgan fingerprint density at radius 2 is 1.95 bits per heavy atom. The Morgan fingerprint density at radius 1 is 1.27 bits per heavy atom. The lowest BCUT2D eigenvalue weighted by atomic mass is 10.1. The minimum atomic E-state index is -0.519. The fourth-order valence-electron chi connectivity index (χ4n) is 1.84. The molecular formula is C16H19N3O3. The molecule has 0 atom stereocenters. The molecule has 0 aliphatic rings. The highest BCUT2D eigenvalue weighted by Gasteiger charge is 2.15. The molecule has 0 fully saturated rings. The highest BCUT2D eigenvalue weighted by Crippen LogP contribution is 2.15. The van der Waals surface area contributed by atoms with Crippen molar-refractivity contribution in [2.45, 2.75) is 32.9 Å². The molecule has 2 aromatic rings. The zero-order valence-electron chi connectivity index (χ0n) is 12.8.